The number of ether oxygens (including phenoxy) is 1. The molecule has 1 aliphatic rings. The highest BCUT2D eigenvalue weighted by Gasteiger charge is 2.49. The van der Waals surface area contributed by atoms with Crippen molar-refractivity contribution in [2.45, 2.75) is 12.5 Å². The summed E-state index contributed by atoms with van der Waals surface area (Å²) in [5.74, 6) is 0.241. The van der Waals surface area contributed by atoms with E-state index in [9.17, 15) is 14.4 Å². The second kappa shape index (κ2) is 8.56. The monoisotopic (exact) mass is 470 g/mol. The van der Waals surface area contributed by atoms with Gasteiger partial charge in [-0.25, -0.2) is 14.8 Å². The number of carbonyl (C=O) groups excluding carboxylic acids is 3. The minimum atomic E-state index is -1.28. The summed E-state index contributed by atoms with van der Waals surface area (Å²) in [6.45, 7) is 1.18. The van der Waals surface area contributed by atoms with E-state index in [-0.39, 0.29) is 0 Å². The van der Waals surface area contributed by atoms with Crippen LogP contribution in [0.3, 0.4) is 0 Å². The number of hydrogen-bond acceptors (Lipinski definition) is 6. The van der Waals surface area contributed by atoms with E-state index in [0.717, 1.165) is 15.9 Å². The van der Waals surface area contributed by atoms with E-state index >= 15 is 0 Å². The molecule has 1 unspecified atom stereocenters. The Bertz CT molecular complexity index is 1430. The lowest BCUT2D eigenvalue weighted by atomic mass is 9.92. The number of rotatable bonds is 6. The predicted octanol–water partition coefficient (Wildman–Crippen LogP) is 2.83. The Morgan fingerprint density at radius 1 is 1.06 bits per heavy atom. The van der Waals surface area contributed by atoms with Gasteiger partial charge in [0.15, 0.2) is 0 Å². The number of para-hydroxylation sites is 2. The van der Waals surface area contributed by atoms with E-state index in [1.165, 1.54) is 6.20 Å². The maximum absolute atomic E-state index is 13.1. The van der Waals surface area contributed by atoms with E-state index in [1.54, 1.807) is 56.8 Å². The van der Waals surface area contributed by atoms with Crippen LogP contribution in [0, 0.1) is 0 Å². The molecule has 1 fully saturated rings. The third-order valence-corrected chi connectivity index (χ3v) is 5.98. The number of imidazole rings is 1. The Hall–Kier alpha value is -4.73. The predicted molar refractivity (Wildman–Crippen MR) is 128 cm³/mol. The minimum absolute atomic E-state index is 0.426. The smallest absolute Gasteiger partial charge is 0.325 e. The van der Waals surface area contributed by atoms with Crippen LogP contribution < -0.4 is 15.4 Å². The third-order valence-electron chi connectivity index (χ3n) is 5.98. The first-order chi connectivity index (χ1) is 16.9. The van der Waals surface area contributed by atoms with Gasteiger partial charge in [-0.1, -0.05) is 24.3 Å². The Balaban J connectivity index is 1.26. The van der Waals surface area contributed by atoms with Crippen molar-refractivity contribution >= 4 is 34.6 Å². The number of methoxy groups -OCH3 is 1. The molecule has 35 heavy (non-hydrogen) atoms. The number of imide groups is 1. The number of nitrogens with zero attached hydrogens (tertiary/aromatic N) is 4. The Kier molecular flexibility index (Phi) is 5.40. The zero-order valence-electron chi connectivity index (χ0n) is 19.1. The van der Waals surface area contributed by atoms with Crippen molar-refractivity contribution in [3.8, 4) is 11.6 Å². The van der Waals surface area contributed by atoms with E-state index in [4.69, 9.17) is 4.74 Å². The molecular weight excluding hydrogens is 448 g/mol. The molecule has 3 heterocycles. The molecule has 0 bridgehead atoms. The highest BCUT2D eigenvalue weighted by Crippen LogP contribution is 2.30. The van der Waals surface area contributed by atoms with Crippen LogP contribution in [0.15, 0.2) is 73.2 Å². The molecule has 2 aromatic heterocycles. The van der Waals surface area contributed by atoms with Crippen molar-refractivity contribution < 1.29 is 19.1 Å². The van der Waals surface area contributed by atoms with Crippen LogP contribution in [0.2, 0.25) is 0 Å². The lowest BCUT2D eigenvalue weighted by molar-refractivity contribution is -0.133. The summed E-state index contributed by atoms with van der Waals surface area (Å²) in [7, 11) is 1.54. The van der Waals surface area contributed by atoms with Gasteiger partial charge in [-0.05, 0) is 48.9 Å². The van der Waals surface area contributed by atoms with Gasteiger partial charge in [0.05, 0.1) is 30.0 Å². The molecule has 4 aromatic rings. The lowest BCUT2D eigenvalue weighted by Gasteiger charge is -2.22. The van der Waals surface area contributed by atoms with Crippen molar-refractivity contribution in [1.82, 2.24) is 24.8 Å². The summed E-state index contributed by atoms with van der Waals surface area (Å²) >= 11 is 0. The highest BCUT2D eigenvalue weighted by molar-refractivity contribution is 6.10. The topological polar surface area (TPSA) is 118 Å². The normalized spacial score (nSPS) is 17.5. The minimum Gasteiger partial charge on any atom is -0.497 e. The number of amides is 4. The maximum atomic E-state index is 13.1. The molecule has 10 nitrogen and oxygen atoms in total. The quantitative estimate of drug-likeness (QED) is 0.419. The summed E-state index contributed by atoms with van der Waals surface area (Å²) in [6, 6.07) is 17.3. The Morgan fingerprint density at radius 3 is 2.54 bits per heavy atom. The first-order valence-electron chi connectivity index (χ1n) is 10.9. The third kappa shape index (κ3) is 3.95. The van der Waals surface area contributed by atoms with Crippen molar-refractivity contribution in [1.29, 1.82) is 0 Å². The molecule has 0 radical (unpaired) electrons. The number of hydrogen-bond donors (Lipinski definition) is 2. The number of carbonyl (C=O) groups is 3. The molecule has 0 aliphatic carbocycles. The molecular formula is C25H22N6O4. The molecule has 1 saturated heterocycles. The standard InChI is InChI=1S/C25H22N6O4/c1-25(16-7-10-18(35-2)11-8-16)23(33)30(24(34)29-25)14-22(32)28-17-9-12-21(26-13-17)31-15-27-19-5-3-4-6-20(19)31/h3-13,15H,14H2,1-2H3,(H,28,32)(H,29,34). The molecule has 1 aliphatic heterocycles. The molecule has 2 N–H and O–H groups in total. The summed E-state index contributed by atoms with van der Waals surface area (Å²) < 4.78 is 6.99. The summed E-state index contributed by atoms with van der Waals surface area (Å²) in [5.41, 5.74) is 1.51. The number of urea groups is 1. The van der Waals surface area contributed by atoms with Gasteiger partial charge in [-0.15, -0.1) is 0 Å². The van der Waals surface area contributed by atoms with E-state index in [2.05, 4.69) is 20.6 Å². The van der Waals surface area contributed by atoms with Crippen molar-refractivity contribution in [3.63, 3.8) is 0 Å². The van der Waals surface area contributed by atoms with E-state index < -0.39 is 29.9 Å². The van der Waals surface area contributed by atoms with Gasteiger partial charge < -0.3 is 15.4 Å². The van der Waals surface area contributed by atoms with Crippen LogP contribution in [-0.2, 0) is 15.1 Å². The van der Waals surface area contributed by atoms with Gasteiger partial charge >= 0.3 is 6.03 Å². The molecule has 5 rings (SSSR count). The van der Waals surface area contributed by atoms with Crippen molar-refractivity contribution in [3.05, 3.63) is 78.8 Å². The highest BCUT2D eigenvalue weighted by atomic mass is 16.5. The summed E-state index contributed by atoms with van der Waals surface area (Å²) in [4.78, 5) is 47.9. The Labute approximate surface area is 200 Å². The molecule has 176 valence electrons. The zero-order valence-corrected chi connectivity index (χ0v) is 19.1. The average molecular weight is 470 g/mol. The number of benzene rings is 2. The molecule has 1 atom stereocenters. The SMILES string of the molecule is COc1ccc(C2(C)NC(=O)N(CC(=O)Nc3ccc(-n4cnc5ccccc54)nc3)C2=O)cc1. The van der Waals surface area contributed by atoms with Gasteiger partial charge in [-0.3, -0.25) is 19.1 Å². The van der Waals surface area contributed by atoms with Gasteiger partial charge in [0.1, 0.15) is 30.0 Å². The molecule has 4 amide bonds. The number of aromatic nitrogens is 3. The number of nitrogens with one attached hydrogen (secondary N) is 2. The van der Waals surface area contributed by atoms with Crippen LogP contribution in [0.1, 0.15) is 12.5 Å². The fourth-order valence-corrected chi connectivity index (χ4v) is 4.05. The first kappa shape index (κ1) is 22.1. The van der Waals surface area contributed by atoms with Crippen LogP contribution in [0.4, 0.5) is 10.5 Å². The van der Waals surface area contributed by atoms with Crippen LogP contribution >= 0.6 is 0 Å². The Morgan fingerprint density at radius 2 is 1.83 bits per heavy atom. The molecule has 0 spiro atoms. The van der Waals surface area contributed by atoms with Gasteiger partial charge in [0.25, 0.3) is 5.91 Å². The van der Waals surface area contributed by atoms with E-state index in [1.807, 2.05) is 28.8 Å². The largest absolute Gasteiger partial charge is 0.497 e. The van der Waals surface area contributed by atoms with Crippen LogP contribution in [0.5, 0.6) is 5.75 Å². The van der Waals surface area contributed by atoms with Crippen LogP contribution in [-0.4, -0.2) is 50.9 Å². The van der Waals surface area contributed by atoms with Gasteiger partial charge in [0, 0.05) is 0 Å². The lowest BCUT2D eigenvalue weighted by Crippen LogP contribution is -2.42. The maximum Gasteiger partial charge on any atom is 0.325 e. The fourth-order valence-electron chi connectivity index (χ4n) is 4.05. The molecule has 0 saturated carbocycles. The summed E-state index contributed by atoms with van der Waals surface area (Å²) in [6.07, 6.45) is 3.19. The van der Waals surface area contributed by atoms with E-state index in [0.29, 0.717) is 22.8 Å². The van der Waals surface area contributed by atoms with Crippen LogP contribution in [0.25, 0.3) is 16.9 Å². The van der Waals surface area contributed by atoms with Crippen molar-refractivity contribution in [2.24, 2.45) is 0 Å². The zero-order chi connectivity index (χ0) is 24.6. The molecule has 10 heteroatoms. The average Bonchev–Trinajstić information content (AvgIpc) is 3.40. The number of pyridine rings is 1. The number of anilines is 1. The fraction of sp³-hybridized carbons (Fsp3) is 0.160. The van der Waals surface area contributed by atoms with Crippen molar-refractivity contribution in [2.75, 3.05) is 19.0 Å². The summed E-state index contributed by atoms with van der Waals surface area (Å²) in [5, 5.41) is 5.37. The van der Waals surface area contributed by atoms with Gasteiger partial charge in [0.2, 0.25) is 5.91 Å². The number of fused-ring (bicyclic) bond motifs is 1. The second-order valence-corrected chi connectivity index (χ2v) is 8.23. The van der Waals surface area contributed by atoms with Gasteiger partial charge in [-0.2, -0.15) is 0 Å². The molecule has 2 aromatic carbocycles. The first-order valence-corrected chi connectivity index (χ1v) is 10.9. The second-order valence-electron chi connectivity index (χ2n) is 8.23.